The average molecular weight is 246 g/mol. The summed E-state index contributed by atoms with van der Waals surface area (Å²) in [6, 6.07) is 3.81. The third kappa shape index (κ3) is 3.10. The Balaban J connectivity index is 2.96. The van der Waals surface area contributed by atoms with Gasteiger partial charge in [-0.25, -0.2) is 4.39 Å². The highest BCUT2D eigenvalue weighted by atomic mass is 32.1. The van der Waals surface area contributed by atoms with E-state index in [0.717, 1.165) is 6.07 Å². The van der Waals surface area contributed by atoms with E-state index >= 15 is 0 Å². The van der Waals surface area contributed by atoms with Gasteiger partial charge in [0.2, 0.25) is 0 Å². The molecule has 90 valence electrons. The third-order valence-electron chi connectivity index (χ3n) is 2.30. The number of thiol groups is 1. The van der Waals surface area contributed by atoms with Crippen LogP contribution in [0.25, 0.3) is 0 Å². The van der Waals surface area contributed by atoms with Gasteiger partial charge in [-0.1, -0.05) is 0 Å². The summed E-state index contributed by atoms with van der Waals surface area (Å²) in [5.41, 5.74) is 0.247. The van der Waals surface area contributed by atoms with Crippen molar-refractivity contribution in [1.29, 1.82) is 0 Å². The third-order valence-corrected chi connectivity index (χ3v) is 2.56. The van der Waals surface area contributed by atoms with Crippen LogP contribution >= 0.6 is 12.6 Å². The SMILES string of the molecule is COc1ccc(F)cc1C(O)C(O)CCS. The van der Waals surface area contributed by atoms with Gasteiger partial charge in [-0.05, 0) is 30.4 Å². The van der Waals surface area contributed by atoms with E-state index in [1.807, 2.05) is 0 Å². The lowest BCUT2D eigenvalue weighted by atomic mass is 10.0. The molecule has 0 aliphatic carbocycles. The molecule has 3 nitrogen and oxygen atoms in total. The predicted octanol–water partition coefficient (Wildman–Crippen LogP) is 1.55. The Kier molecular flexibility index (Phi) is 5.05. The molecule has 0 aromatic heterocycles. The molecule has 1 aromatic rings. The van der Waals surface area contributed by atoms with E-state index in [0.29, 0.717) is 17.9 Å². The molecule has 0 saturated heterocycles. The fourth-order valence-corrected chi connectivity index (χ4v) is 1.70. The van der Waals surface area contributed by atoms with Crippen LogP contribution < -0.4 is 4.74 Å². The van der Waals surface area contributed by atoms with E-state index in [9.17, 15) is 14.6 Å². The van der Waals surface area contributed by atoms with Crippen LogP contribution in [0.2, 0.25) is 0 Å². The van der Waals surface area contributed by atoms with Gasteiger partial charge in [0, 0.05) is 5.56 Å². The van der Waals surface area contributed by atoms with Crippen molar-refractivity contribution >= 4 is 12.6 Å². The van der Waals surface area contributed by atoms with Gasteiger partial charge in [0.05, 0.1) is 13.2 Å². The molecule has 0 aliphatic rings. The molecule has 2 N–H and O–H groups in total. The van der Waals surface area contributed by atoms with Crippen LogP contribution in [-0.2, 0) is 0 Å². The molecule has 1 rings (SSSR count). The van der Waals surface area contributed by atoms with E-state index in [1.54, 1.807) is 0 Å². The normalized spacial score (nSPS) is 14.6. The second-order valence-corrected chi connectivity index (χ2v) is 3.86. The molecular weight excluding hydrogens is 231 g/mol. The van der Waals surface area contributed by atoms with Crippen molar-refractivity contribution in [3.8, 4) is 5.75 Å². The molecule has 0 bridgehead atoms. The minimum Gasteiger partial charge on any atom is -0.496 e. The number of methoxy groups -OCH3 is 1. The van der Waals surface area contributed by atoms with Crippen molar-refractivity contribution in [2.45, 2.75) is 18.6 Å². The first-order valence-corrected chi connectivity index (χ1v) is 5.53. The first kappa shape index (κ1) is 13.3. The summed E-state index contributed by atoms with van der Waals surface area (Å²) < 4.78 is 18.0. The lowest BCUT2D eigenvalue weighted by Gasteiger charge is -2.19. The zero-order valence-electron chi connectivity index (χ0n) is 8.93. The number of hydrogen-bond acceptors (Lipinski definition) is 4. The summed E-state index contributed by atoms with van der Waals surface area (Å²) >= 11 is 3.96. The van der Waals surface area contributed by atoms with Crippen LogP contribution in [0.15, 0.2) is 18.2 Å². The number of benzene rings is 1. The number of halogens is 1. The summed E-state index contributed by atoms with van der Waals surface area (Å²) in [6.07, 6.45) is -1.82. The number of aliphatic hydroxyl groups excluding tert-OH is 2. The molecule has 0 spiro atoms. The Morgan fingerprint density at radius 2 is 2.12 bits per heavy atom. The maximum absolute atomic E-state index is 13.0. The number of hydrogen-bond donors (Lipinski definition) is 3. The molecule has 0 aliphatic heterocycles. The van der Waals surface area contributed by atoms with Gasteiger partial charge in [-0.2, -0.15) is 12.6 Å². The minimum absolute atomic E-state index is 0.247. The Hall–Kier alpha value is -0.780. The number of rotatable bonds is 5. The summed E-state index contributed by atoms with van der Waals surface area (Å²) in [5, 5.41) is 19.4. The second kappa shape index (κ2) is 6.08. The van der Waals surface area contributed by atoms with Crippen LogP contribution in [0.5, 0.6) is 5.75 Å². The van der Waals surface area contributed by atoms with Gasteiger partial charge in [0.15, 0.2) is 0 Å². The molecule has 0 saturated carbocycles. The standard InChI is InChI=1S/C11H15FO3S/c1-15-10-3-2-7(12)6-8(10)11(14)9(13)4-5-16/h2-3,6,9,11,13-14,16H,4-5H2,1H3. The zero-order valence-corrected chi connectivity index (χ0v) is 9.82. The molecule has 1 aromatic carbocycles. The van der Waals surface area contributed by atoms with Crippen LogP contribution in [0.4, 0.5) is 4.39 Å². The molecule has 5 heteroatoms. The first-order valence-electron chi connectivity index (χ1n) is 4.90. The van der Waals surface area contributed by atoms with Crippen LogP contribution in [0.1, 0.15) is 18.1 Å². The molecule has 0 heterocycles. The predicted molar refractivity (Wildman–Crippen MR) is 62.4 cm³/mol. The van der Waals surface area contributed by atoms with E-state index in [2.05, 4.69) is 12.6 Å². The molecule has 0 amide bonds. The van der Waals surface area contributed by atoms with Crippen LogP contribution in [-0.4, -0.2) is 29.2 Å². The van der Waals surface area contributed by atoms with E-state index in [4.69, 9.17) is 4.74 Å². The quantitative estimate of drug-likeness (QED) is 0.691. The van der Waals surface area contributed by atoms with Crippen molar-refractivity contribution in [3.63, 3.8) is 0 Å². The topological polar surface area (TPSA) is 49.7 Å². The van der Waals surface area contributed by atoms with Gasteiger partial charge >= 0.3 is 0 Å². The maximum atomic E-state index is 13.0. The number of ether oxygens (including phenoxy) is 1. The largest absolute Gasteiger partial charge is 0.496 e. The maximum Gasteiger partial charge on any atom is 0.124 e. The van der Waals surface area contributed by atoms with Gasteiger partial charge in [-0.15, -0.1) is 0 Å². The van der Waals surface area contributed by atoms with Gasteiger partial charge in [-0.3, -0.25) is 0 Å². The summed E-state index contributed by atoms with van der Waals surface area (Å²) in [5.74, 6) is 0.315. The molecule has 0 radical (unpaired) electrons. The summed E-state index contributed by atoms with van der Waals surface area (Å²) in [6.45, 7) is 0. The molecular formula is C11H15FO3S. The van der Waals surface area contributed by atoms with Gasteiger partial charge in [0.25, 0.3) is 0 Å². The van der Waals surface area contributed by atoms with Crippen molar-refractivity contribution < 1.29 is 19.3 Å². The first-order chi connectivity index (χ1) is 7.60. The summed E-state index contributed by atoms with van der Waals surface area (Å²) in [4.78, 5) is 0. The van der Waals surface area contributed by atoms with E-state index in [-0.39, 0.29) is 5.56 Å². The Bertz CT molecular complexity index is 346. The van der Waals surface area contributed by atoms with Gasteiger partial charge < -0.3 is 14.9 Å². The van der Waals surface area contributed by atoms with E-state index < -0.39 is 18.0 Å². The average Bonchev–Trinajstić information content (AvgIpc) is 2.28. The minimum atomic E-state index is -1.17. The molecule has 16 heavy (non-hydrogen) atoms. The molecule has 2 unspecified atom stereocenters. The summed E-state index contributed by atoms with van der Waals surface area (Å²) in [7, 11) is 1.43. The Morgan fingerprint density at radius 1 is 1.44 bits per heavy atom. The van der Waals surface area contributed by atoms with Crippen LogP contribution in [0, 0.1) is 5.82 Å². The van der Waals surface area contributed by atoms with Crippen molar-refractivity contribution in [2.75, 3.05) is 12.9 Å². The molecule has 0 fully saturated rings. The van der Waals surface area contributed by atoms with E-state index in [1.165, 1.54) is 19.2 Å². The smallest absolute Gasteiger partial charge is 0.124 e. The van der Waals surface area contributed by atoms with Gasteiger partial charge in [0.1, 0.15) is 17.7 Å². The van der Waals surface area contributed by atoms with Crippen molar-refractivity contribution in [3.05, 3.63) is 29.6 Å². The Morgan fingerprint density at radius 3 is 2.69 bits per heavy atom. The molecule has 2 atom stereocenters. The fourth-order valence-electron chi connectivity index (χ4n) is 1.43. The lowest BCUT2D eigenvalue weighted by Crippen LogP contribution is -2.19. The van der Waals surface area contributed by atoms with Crippen molar-refractivity contribution in [2.24, 2.45) is 0 Å². The van der Waals surface area contributed by atoms with Crippen molar-refractivity contribution in [1.82, 2.24) is 0 Å². The monoisotopic (exact) mass is 246 g/mol. The highest BCUT2D eigenvalue weighted by Crippen LogP contribution is 2.29. The number of aliphatic hydroxyl groups is 2. The lowest BCUT2D eigenvalue weighted by molar-refractivity contribution is 0.0157. The Labute approximate surface area is 99.3 Å². The highest BCUT2D eigenvalue weighted by molar-refractivity contribution is 7.80. The fraction of sp³-hybridized carbons (Fsp3) is 0.455. The zero-order chi connectivity index (χ0) is 12.1. The van der Waals surface area contributed by atoms with Crippen LogP contribution in [0.3, 0.4) is 0 Å². The second-order valence-electron chi connectivity index (χ2n) is 3.41. The highest BCUT2D eigenvalue weighted by Gasteiger charge is 2.21.